The summed E-state index contributed by atoms with van der Waals surface area (Å²) in [6.07, 6.45) is 3.38. The molecule has 0 aromatic carbocycles. The van der Waals surface area contributed by atoms with E-state index < -0.39 is 0 Å². The Morgan fingerprint density at radius 2 is 2.14 bits per heavy atom. The van der Waals surface area contributed by atoms with Crippen LogP contribution >= 0.6 is 11.3 Å². The highest BCUT2D eigenvalue weighted by Crippen LogP contribution is 2.32. The second-order valence-electron chi connectivity index (χ2n) is 4.27. The van der Waals surface area contributed by atoms with Gasteiger partial charge in [-0.15, -0.1) is 11.3 Å². The quantitative estimate of drug-likeness (QED) is 0.627. The fourth-order valence-electron chi connectivity index (χ4n) is 1.99. The van der Waals surface area contributed by atoms with E-state index in [2.05, 4.69) is 25.3 Å². The Morgan fingerprint density at radius 3 is 2.95 bits per heavy atom. The highest BCUT2D eigenvalue weighted by atomic mass is 32.1. The lowest BCUT2D eigenvalue weighted by molar-refractivity contribution is 0.432. The smallest absolute Gasteiger partial charge is 0.262 e. The molecule has 0 aliphatic rings. The molecule has 0 saturated carbocycles. The Balaban J connectivity index is 1.76. The summed E-state index contributed by atoms with van der Waals surface area (Å²) in [6, 6.07) is 9.56. The van der Waals surface area contributed by atoms with E-state index >= 15 is 0 Å². The molecule has 4 aromatic rings. The van der Waals surface area contributed by atoms with Crippen LogP contribution in [0.25, 0.3) is 33.5 Å². The SMILES string of the molecule is c1ccc(-c2noc(-c3cn[nH]c3-c3cccs3)n2)nc1. The summed E-state index contributed by atoms with van der Waals surface area (Å²) in [6.45, 7) is 0. The molecule has 0 aliphatic heterocycles. The summed E-state index contributed by atoms with van der Waals surface area (Å²) in [5.41, 5.74) is 2.34. The number of hydrogen-bond donors (Lipinski definition) is 1. The second-order valence-corrected chi connectivity index (χ2v) is 5.22. The van der Waals surface area contributed by atoms with Gasteiger partial charge in [-0.1, -0.05) is 17.3 Å². The summed E-state index contributed by atoms with van der Waals surface area (Å²) in [5.74, 6) is 0.886. The molecule has 21 heavy (non-hydrogen) atoms. The van der Waals surface area contributed by atoms with Crippen molar-refractivity contribution in [2.24, 2.45) is 0 Å². The molecule has 102 valence electrons. The van der Waals surface area contributed by atoms with Gasteiger partial charge >= 0.3 is 0 Å². The largest absolute Gasteiger partial charge is 0.333 e. The van der Waals surface area contributed by atoms with Crippen LogP contribution in [0, 0.1) is 0 Å². The Labute approximate surface area is 123 Å². The van der Waals surface area contributed by atoms with E-state index in [0.717, 1.165) is 16.1 Å². The maximum Gasteiger partial charge on any atom is 0.262 e. The Bertz CT molecular complexity index is 851. The molecule has 0 aliphatic carbocycles. The molecule has 0 spiro atoms. The fourth-order valence-corrected chi connectivity index (χ4v) is 2.72. The summed E-state index contributed by atoms with van der Waals surface area (Å²) in [7, 11) is 0. The first kappa shape index (κ1) is 12.0. The average molecular weight is 295 g/mol. The van der Waals surface area contributed by atoms with E-state index in [1.165, 1.54) is 0 Å². The third-order valence-corrected chi connectivity index (χ3v) is 3.84. The van der Waals surface area contributed by atoms with Crippen LogP contribution in [0.2, 0.25) is 0 Å². The van der Waals surface area contributed by atoms with Crippen molar-refractivity contribution in [3.63, 3.8) is 0 Å². The first-order valence-electron chi connectivity index (χ1n) is 6.24. The highest BCUT2D eigenvalue weighted by Gasteiger charge is 2.17. The molecule has 0 atom stereocenters. The van der Waals surface area contributed by atoms with Gasteiger partial charge in [-0.25, -0.2) is 0 Å². The van der Waals surface area contributed by atoms with Gasteiger partial charge in [0.15, 0.2) is 0 Å². The van der Waals surface area contributed by atoms with Crippen molar-refractivity contribution >= 4 is 11.3 Å². The van der Waals surface area contributed by atoms with Crippen LogP contribution in [-0.2, 0) is 0 Å². The van der Waals surface area contributed by atoms with E-state index in [4.69, 9.17) is 4.52 Å². The molecule has 7 heteroatoms. The minimum Gasteiger partial charge on any atom is -0.333 e. The van der Waals surface area contributed by atoms with Crippen LogP contribution in [0.4, 0.5) is 0 Å². The van der Waals surface area contributed by atoms with Crippen molar-refractivity contribution in [1.29, 1.82) is 0 Å². The van der Waals surface area contributed by atoms with Gasteiger partial charge in [0.25, 0.3) is 5.89 Å². The number of nitrogens with one attached hydrogen (secondary N) is 1. The lowest BCUT2D eigenvalue weighted by Gasteiger charge is -1.94. The molecular weight excluding hydrogens is 286 g/mol. The van der Waals surface area contributed by atoms with Crippen LogP contribution in [0.3, 0.4) is 0 Å². The van der Waals surface area contributed by atoms with Crippen LogP contribution in [-0.4, -0.2) is 25.3 Å². The number of nitrogens with zero attached hydrogens (tertiary/aromatic N) is 4. The molecule has 0 bridgehead atoms. The molecule has 4 aromatic heterocycles. The Morgan fingerprint density at radius 1 is 1.14 bits per heavy atom. The number of thiophene rings is 1. The zero-order valence-electron chi connectivity index (χ0n) is 10.7. The number of aromatic nitrogens is 5. The van der Waals surface area contributed by atoms with Gasteiger partial charge in [0.1, 0.15) is 5.69 Å². The number of aromatic amines is 1. The van der Waals surface area contributed by atoms with Gasteiger partial charge in [0.2, 0.25) is 5.82 Å². The normalized spacial score (nSPS) is 10.9. The lowest BCUT2D eigenvalue weighted by atomic mass is 10.2. The lowest BCUT2D eigenvalue weighted by Crippen LogP contribution is -1.84. The third kappa shape index (κ3) is 2.13. The van der Waals surface area contributed by atoms with Gasteiger partial charge in [-0.2, -0.15) is 10.1 Å². The minimum atomic E-state index is 0.424. The zero-order chi connectivity index (χ0) is 14.1. The van der Waals surface area contributed by atoms with Gasteiger partial charge < -0.3 is 4.52 Å². The van der Waals surface area contributed by atoms with Crippen LogP contribution in [0.5, 0.6) is 0 Å². The summed E-state index contributed by atoms with van der Waals surface area (Å²) < 4.78 is 5.35. The third-order valence-electron chi connectivity index (χ3n) is 2.96. The van der Waals surface area contributed by atoms with Crippen molar-refractivity contribution < 1.29 is 4.52 Å². The molecule has 6 nitrogen and oxygen atoms in total. The van der Waals surface area contributed by atoms with E-state index in [-0.39, 0.29) is 0 Å². The summed E-state index contributed by atoms with van der Waals surface area (Å²) in [4.78, 5) is 9.68. The summed E-state index contributed by atoms with van der Waals surface area (Å²) >= 11 is 1.62. The summed E-state index contributed by atoms with van der Waals surface area (Å²) in [5, 5.41) is 13.0. The van der Waals surface area contributed by atoms with Crippen LogP contribution in [0.15, 0.2) is 52.6 Å². The molecule has 0 unspecified atom stereocenters. The predicted molar refractivity (Wildman–Crippen MR) is 78.4 cm³/mol. The van der Waals surface area contributed by atoms with E-state index in [0.29, 0.717) is 17.4 Å². The van der Waals surface area contributed by atoms with Crippen molar-refractivity contribution in [2.45, 2.75) is 0 Å². The minimum absolute atomic E-state index is 0.424. The maximum atomic E-state index is 5.35. The number of rotatable bonds is 3. The first-order valence-corrected chi connectivity index (χ1v) is 7.12. The Hall–Kier alpha value is -2.80. The molecule has 1 N–H and O–H groups in total. The van der Waals surface area contributed by atoms with Crippen molar-refractivity contribution in [3.8, 4) is 33.5 Å². The molecule has 0 amide bonds. The van der Waals surface area contributed by atoms with Gasteiger partial charge in [0, 0.05) is 6.20 Å². The molecular formula is C14H9N5OS. The topological polar surface area (TPSA) is 80.5 Å². The maximum absolute atomic E-state index is 5.35. The van der Waals surface area contributed by atoms with E-state index in [9.17, 15) is 0 Å². The highest BCUT2D eigenvalue weighted by molar-refractivity contribution is 7.13. The van der Waals surface area contributed by atoms with Gasteiger partial charge in [0.05, 0.1) is 22.3 Å². The standard InChI is InChI=1S/C14H9N5OS/c1-2-6-15-10(4-1)13-17-14(20-19-13)9-8-16-18-12(9)11-5-3-7-21-11/h1-8H,(H,16,18). The van der Waals surface area contributed by atoms with Gasteiger partial charge in [-0.05, 0) is 23.6 Å². The van der Waals surface area contributed by atoms with Crippen molar-refractivity contribution in [3.05, 3.63) is 48.1 Å². The van der Waals surface area contributed by atoms with Crippen molar-refractivity contribution in [2.75, 3.05) is 0 Å². The predicted octanol–water partition coefficient (Wildman–Crippen LogP) is 3.25. The molecule has 0 fully saturated rings. The molecule has 4 rings (SSSR count). The number of pyridine rings is 1. The number of hydrogen-bond acceptors (Lipinski definition) is 6. The van der Waals surface area contributed by atoms with E-state index in [1.807, 2.05) is 35.7 Å². The molecule has 4 heterocycles. The van der Waals surface area contributed by atoms with Gasteiger partial charge in [-0.3, -0.25) is 10.1 Å². The van der Waals surface area contributed by atoms with Crippen LogP contribution < -0.4 is 0 Å². The Kier molecular flexibility index (Phi) is 2.82. The van der Waals surface area contributed by atoms with E-state index in [1.54, 1.807) is 23.7 Å². The zero-order valence-corrected chi connectivity index (χ0v) is 11.5. The average Bonchev–Trinajstić information content (AvgIpc) is 3.27. The first-order chi connectivity index (χ1) is 10.4. The molecule has 0 radical (unpaired) electrons. The second kappa shape index (κ2) is 4.95. The fraction of sp³-hybridized carbons (Fsp3) is 0. The molecule has 0 saturated heterocycles. The van der Waals surface area contributed by atoms with Crippen LogP contribution in [0.1, 0.15) is 0 Å². The monoisotopic (exact) mass is 295 g/mol. The number of H-pyrrole nitrogens is 1. The van der Waals surface area contributed by atoms with Crippen molar-refractivity contribution in [1.82, 2.24) is 25.3 Å².